The van der Waals surface area contributed by atoms with Gasteiger partial charge in [-0.05, 0) is 61.4 Å². The Balaban J connectivity index is 1.78. The zero-order chi connectivity index (χ0) is 22.1. The Morgan fingerprint density at radius 2 is 1.94 bits per heavy atom. The fourth-order valence-corrected chi connectivity index (χ4v) is 4.46. The summed E-state index contributed by atoms with van der Waals surface area (Å²) in [7, 11) is 0. The zero-order valence-corrected chi connectivity index (χ0v) is 20.3. The van der Waals surface area contributed by atoms with Gasteiger partial charge in [-0.3, -0.25) is 4.79 Å². The van der Waals surface area contributed by atoms with Crippen LogP contribution in [0.15, 0.2) is 63.4 Å². The van der Waals surface area contributed by atoms with Crippen LogP contribution in [-0.4, -0.2) is 26.4 Å². The average molecular weight is 498 g/mol. The van der Waals surface area contributed by atoms with Gasteiger partial charge in [0, 0.05) is 15.9 Å². The second-order valence-corrected chi connectivity index (χ2v) is 9.56. The van der Waals surface area contributed by atoms with Crippen molar-refractivity contribution in [1.82, 2.24) is 14.8 Å². The molecule has 1 aliphatic rings. The smallest absolute Gasteiger partial charge is 0.255 e. The normalized spacial score (nSPS) is 15.5. The number of benzene rings is 2. The van der Waals surface area contributed by atoms with Gasteiger partial charge in [0.05, 0.1) is 5.57 Å². The first-order valence-corrected chi connectivity index (χ1v) is 11.9. The van der Waals surface area contributed by atoms with Gasteiger partial charge in [0.2, 0.25) is 11.1 Å². The van der Waals surface area contributed by atoms with Crippen LogP contribution in [0.25, 0.3) is 0 Å². The molecular weight excluding hydrogens is 474 g/mol. The molecule has 0 saturated carbocycles. The first-order valence-electron chi connectivity index (χ1n) is 10.1. The quantitative estimate of drug-likeness (QED) is 0.442. The van der Waals surface area contributed by atoms with Crippen molar-refractivity contribution in [2.24, 2.45) is 0 Å². The Morgan fingerprint density at radius 3 is 2.65 bits per heavy atom. The third-order valence-electron chi connectivity index (χ3n) is 5.39. The molecule has 8 heteroatoms. The number of aromatic nitrogens is 3. The summed E-state index contributed by atoms with van der Waals surface area (Å²) in [5, 5.41) is 11.8. The summed E-state index contributed by atoms with van der Waals surface area (Å²) >= 11 is 5.07. The molecule has 160 valence electrons. The largest absolute Gasteiger partial charge is 0.328 e. The van der Waals surface area contributed by atoms with E-state index >= 15 is 0 Å². The monoisotopic (exact) mass is 497 g/mol. The predicted molar refractivity (Wildman–Crippen MR) is 130 cm³/mol. The predicted octanol–water partition coefficient (Wildman–Crippen LogP) is 5.70. The van der Waals surface area contributed by atoms with Crippen LogP contribution in [-0.2, 0) is 4.79 Å². The number of halogens is 1. The van der Waals surface area contributed by atoms with Crippen LogP contribution in [0.3, 0.4) is 0 Å². The number of nitrogens with zero attached hydrogens (tertiary/aromatic N) is 3. The third kappa shape index (κ3) is 4.27. The van der Waals surface area contributed by atoms with E-state index in [0.29, 0.717) is 16.7 Å². The molecule has 3 aromatic rings. The summed E-state index contributed by atoms with van der Waals surface area (Å²) < 4.78 is 2.79. The minimum Gasteiger partial charge on any atom is -0.328 e. The highest BCUT2D eigenvalue weighted by Crippen LogP contribution is 2.37. The molecule has 0 saturated heterocycles. The summed E-state index contributed by atoms with van der Waals surface area (Å²) in [4.78, 5) is 18.2. The van der Waals surface area contributed by atoms with Crippen molar-refractivity contribution in [3.05, 3.63) is 74.9 Å². The molecule has 1 atom stereocenters. The number of anilines is 2. The second-order valence-electron chi connectivity index (χ2n) is 7.41. The summed E-state index contributed by atoms with van der Waals surface area (Å²) in [6, 6.07) is 13.5. The Hall–Kier alpha value is -2.58. The number of thioether (sulfide) groups is 1. The fourth-order valence-electron chi connectivity index (χ4n) is 3.65. The number of aryl methyl sites for hydroxylation is 1. The van der Waals surface area contributed by atoms with Gasteiger partial charge in [0.15, 0.2) is 0 Å². The van der Waals surface area contributed by atoms with Crippen molar-refractivity contribution in [3.63, 3.8) is 0 Å². The number of amides is 1. The van der Waals surface area contributed by atoms with Crippen LogP contribution >= 0.6 is 27.7 Å². The summed E-state index contributed by atoms with van der Waals surface area (Å²) in [5.74, 6) is 1.36. The van der Waals surface area contributed by atoms with Crippen LogP contribution in [0.5, 0.6) is 0 Å². The minimum absolute atomic E-state index is 0.155. The van der Waals surface area contributed by atoms with Crippen molar-refractivity contribution >= 4 is 45.2 Å². The van der Waals surface area contributed by atoms with Crippen LogP contribution < -0.4 is 10.6 Å². The van der Waals surface area contributed by atoms with E-state index in [1.807, 2.05) is 67.9 Å². The van der Waals surface area contributed by atoms with Crippen molar-refractivity contribution in [2.45, 2.75) is 38.9 Å². The Labute approximate surface area is 194 Å². The second kappa shape index (κ2) is 8.88. The Bertz CT molecular complexity index is 1170. The molecule has 4 rings (SSSR count). The molecule has 0 aliphatic carbocycles. The minimum atomic E-state index is -0.381. The highest BCUT2D eigenvalue weighted by atomic mass is 79.9. The van der Waals surface area contributed by atoms with E-state index in [0.717, 1.165) is 38.3 Å². The molecule has 31 heavy (non-hydrogen) atoms. The van der Waals surface area contributed by atoms with Crippen LogP contribution in [0.1, 0.15) is 36.6 Å². The van der Waals surface area contributed by atoms with E-state index in [9.17, 15) is 4.79 Å². The van der Waals surface area contributed by atoms with Crippen LogP contribution in [0.2, 0.25) is 0 Å². The van der Waals surface area contributed by atoms with Crippen molar-refractivity contribution in [3.8, 4) is 0 Å². The first kappa shape index (κ1) is 21.6. The molecule has 6 nitrogen and oxygen atoms in total. The van der Waals surface area contributed by atoms with E-state index in [4.69, 9.17) is 5.10 Å². The number of nitrogens with one attached hydrogen (secondary N) is 2. The van der Waals surface area contributed by atoms with Gasteiger partial charge in [-0.1, -0.05) is 58.9 Å². The Morgan fingerprint density at radius 1 is 1.19 bits per heavy atom. The van der Waals surface area contributed by atoms with Crippen LogP contribution in [0.4, 0.5) is 11.6 Å². The standard InChI is InChI=1S/C23H24BrN5OS/c1-5-31-23-27-22-25-15(4)19(21(30)26-18-8-6-7-13(2)14(18)3)20(29(22)28-23)16-9-11-17(24)12-10-16/h6-12,20H,5H2,1-4H3,(H,26,30)(H,25,27,28). The van der Waals surface area contributed by atoms with E-state index < -0.39 is 0 Å². The lowest BCUT2D eigenvalue weighted by Crippen LogP contribution is -2.31. The van der Waals surface area contributed by atoms with Gasteiger partial charge in [0.1, 0.15) is 6.04 Å². The van der Waals surface area contributed by atoms with E-state index in [2.05, 4.69) is 38.5 Å². The number of carbonyl (C=O) groups is 1. The van der Waals surface area contributed by atoms with Gasteiger partial charge in [0.25, 0.3) is 5.91 Å². The Kier molecular flexibility index (Phi) is 6.20. The number of carbonyl (C=O) groups excluding carboxylic acids is 1. The van der Waals surface area contributed by atoms with E-state index in [1.54, 1.807) is 11.8 Å². The zero-order valence-electron chi connectivity index (χ0n) is 17.9. The number of hydrogen-bond acceptors (Lipinski definition) is 5. The molecule has 0 fully saturated rings. The van der Waals surface area contributed by atoms with Gasteiger partial charge < -0.3 is 10.6 Å². The molecular formula is C23H24BrN5OS. The maximum atomic E-state index is 13.5. The lowest BCUT2D eigenvalue weighted by molar-refractivity contribution is -0.113. The van der Waals surface area contributed by atoms with Crippen molar-refractivity contribution in [2.75, 3.05) is 16.4 Å². The highest BCUT2D eigenvalue weighted by Gasteiger charge is 2.34. The summed E-state index contributed by atoms with van der Waals surface area (Å²) in [6.45, 7) is 8.03. The first-order chi connectivity index (χ1) is 14.9. The maximum Gasteiger partial charge on any atom is 0.255 e. The number of rotatable bonds is 5. The summed E-state index contributed by atoms with van der Waals surface area (Å²) in [6.07, 6.45) is 0. The third-order valence-corrected chi connectivity index (χ3v) is 6.64. The molecule has 1 aliphatic heterocycles. The number of fused-ring (bicyclic) bond motifs is 1. The molecule has 2 N–H and O–H groups in total. The van der Waals surface area contributed by atoms with Crippen LogP contribution in [0, 0.1) is 13.8 Å². The molecule has 1 amide bonds. The molecule has 2 aromatic carbocycles. The highest BCUT2D eigenvalue weighted by molar-refractivity contribution is 9.10. The fraction of sp³-hybridized carbons (Fsp3) is 0.261. The van der Waals surface area contributed by atoms with Gasteiger partial charge in [-0.15, -0.1) is 5.10 Å². The molecule has 0 radical (unpaired) electrons. The molecule has 1 aromatic heterocycles. The van der Waals surface area contributed by atoms with Gasteiger partial charge in [-0.2, -0.15) is 4.98 Å². The van der Waals surface area contributed by atoms with Gasteiger partial charge in [-0.25, -0.2) is 4.68 Å². The average Bonchev–Trinajstić information content (AvgIpc) is 3.13. The number of allylic oxidation sites excluding steroid dienone is 1. The maximum absolute atomic E-state index is 13.5. The van der Waals surface area contributed by atoms with Crippen molar-refractivity contribution in [1.29, 1.82) is 0 Å². The SMILES string of the molecule is CCSc1nc2n(n1)C(c1ccc(Br)cc1)C(C(=O)Nc1cccc(C)c1C)=C(C)N2. The van der Waals surface area contributed by atoms with Gasteiger partial charge >= 0.3 is 0 Å². The van der Waals surface area contributed by atoms with E-state index in [1.165, 1.54) is 0 Å². The molecule has 0 spiro atoms. The topological polar surface area (TPSA) is 71.8 Å². The number of hydrogen-bond donors (Lipinski definition) is 2. The molecule has 1 unspecified atom stereocenters. The summed E-state index contributed by atoms with van der Waals surface area (Å²) in [5.41, 5.74) is 5.36. The molecule has 2 heterocycles. The lowest BCUT2D eigenvalue weighted by atomic mass is 9.95. The lowest BCUT2D eigenvalue weighted by Gasteiger charge is -2.29. The van der Waals surface area contributed by atoms with E-state index in [-0.39, 0.29) is 11.9 Å². The van der Waals surface area contributed by atoms with Crippen molar-refractivity contribution < 1.29 is 4.79 Å². The molecule has 0 bridgehead atoms.